The Morgan fingerprint density at radius 1 is 1.40 bits per heavy atom. The van der Waals surface area contributed by atoms with Crippen LogP contribution in [0, 0.1) is 0 Å². The first kappa shape index (κ1) is 20.1. The number of aromatic nitrogens is 1. The van der Waals surface area contributed by atoms with Crippen molar-refractivity contribution in [2.75, 3.05) is 51.3 Å². The third-order valence-corrected chi connectivity index (χ3v) is 6.10. The zero-order valence-electron chi connectivity index (χ0n) is 15.2. The van der Waals surface area contributed by atoms with E-state index >= 15 is 0 Å². The Balaban J connectivity index is 1.90. The molecular formula is C16H28ClN5O2S. The molecule has 0 unspecified atom stereocenters. The molecular weight excluding hydrogens is 362 g/mol. The van der Waals surface area contributed by atoms with Crippen LogP contribution in [0.1, 0.15) is 12.6 Å². The second kappa shape index (κ2) is 8.91. The quantitative estimate of drug-likeness (QED) is 0.575. The molecule has 0 aromatic carbocycles. The fourth-order valence-electron chi connectivity index (χ4n) is 2.78. The molecule has 1 aliphatic rings. The van der Waals surface area contributed by atoms with Gasteiger partial charge >= 0.3 is 0 Å². The Labute approximate surface area is 155 Å². The van der Waals surface area contributed by atoms with Crippen molar-refractivity contribution in [1.82, 2.24) is 19.7 Å². The van der Waals surface area contributed by atoms with Gasteiger partial charge in [0, 0.05) is 52.2 Å². The molecule has 1 saturated heterocycles. The zero-order chi connectivity index (χ0) is 18.4. The Morgan fingerprint density at radius 2 is 2.08 bits per heavy atom. The van der Waals surface area contributed by atoms with Crippen LogP contribution in [-0.2, 0) is 23.4 Å². The molecule has 1 aromatic heterocycles. The molecule has 7 nitrogen and oxygen atoms in total. The van der Waals surface area contributed by atoms with E-state index in [1.807, 2.05) is 37.8 Å². The van der Waals surface area contributed by atoms with Crippen molar-refractivity contribution in [3.8, 4) is 0 Å². The minimum absolute atomic E-state index is 0.255. The summed E-state index contributed by atoms with van der Waals surface area (Å²) >= 11 is 6.05. The van der Waals surface area contributed by atoms with Crippen molar-refractivity contribution in [1.29, 1.82) is 0 Å². The van der Waals surface area contributed by atoms with E-state index in [1.54, 1.807) is 0 Å². The van der Waals surface area contributed by atoms with Crippen molar-refractivity contribution in [2.45, 2.75) is 13.5 Å². The van der Waals surface area contributed by atoms with Crippen LogP contribution in [-0.4, -0.2) is 80.0 Å². The predicted molar refractivity (Wildman–Crippen MR) is 103 cm³/mol. The van der Waals surface area contributed by atoms with Crippen molar-refractivity contribution in [3.63, 3.8) is 0 Å². The lowest BCUT2D eigenvalue weighted by atomic mass is 10.4. The average Bonchev–Trinajstić information content (AvgIpc) is 2.85. The molecule has 0 bridgehead atoms. The van der Waals surface area contributed by atoms with E-state index in [1.165, 1.54) is 0 Å². The van der Waals surface area contributed by atoms with E-state index < -0.39 is 9.84 Å². The van der Waals surface area contributed by atoms with E-state index in [9.17, 15) is 8.42 Å². The van der Waals surface area contributed by atoms with Crippen LogP contribution in [0.5, 0.6) is 0 Å². The van der Waals surface area contributed by atoms with Gasteiger partial charge in [0.05, 0.1) is 29.6 Å². The van der Waals surface area contributed by atoms with Gasteiger partial charge in [-0.3, -0.25) is 9.89 Å². The summed E-state index contributed by atoms with van der Waals surface area (Å²) in [6.07, 6.45) is 1.89. The minimum Gasteiger partial charge on any atom is -0.357 e. The summed E-state index contributed by atoms with van der Waals surface area (Å²) in [5.74, 6) is 1.35. The number of sulfone groups is 1. The lowest BCUT2D eigenvalue weighted by Gasteiger charge is -2.26. The Morgan fingerprint density at radius 3 is 2.64 bits per heavy atom. The standard InChI is InChI=1S/C16H28ClN5O2S/c1-4-18-16(21(3)13-15-11-14(17)12-20(15)2)19-5-6-22-7-9-25(23,24)10-8-22/h11-12H,4-10,13H2,1-3H3,(H,18,19). The minimum atomic E-state index is -2.83. The van der Waals surface area contributed by atoms with Gasteiger partial charge in [-0.15, -0.1) is 0 Å². The third-order valence-electron chi connectivity index (χ3n) is 4.28. The van der Waals surface area contributed by atoms with Crippen molar-refractivity contribution in [3.05, 3.63) is 23.0 Å². The van der Waals surface area contributed by atoms with Gasteiger partial charge in [-0.1, -0.05) is 11.6 Å². The number of hydrogen-bond donors (Lipinski definition) is 1. The molecule has 1 aliphatic heterocycles. The topological polar surface area (TPSA) is 69.9 Å². The second-order valence-corrected chi connectivity index (χ2v) is 9.09. The number of hydrogen-bond acceptors (Lipinski definition) is 4. The summed E-state index contributed by atoms with van der Waals surface area (Å²) in [5.41, 5.74) is 1.11. The highest BCUT2D eigenvalue weighted by atomic mass is 35.5. The summed E-state index contributed by atoms with van der Waals surface area (Å²) in [6.45, 7) is 6.15. The maximum atomic E-state index is 11.5. The molecule has 2 heterocycles. The lowest BCUT2D eigenvalue weighted by Crippen LogP contribution is -2.42. The first-order valence-electron chi connectivity index (χ1n) is 8.53. The van der Waals surface area contributed by atoms with E-state index in [-0.39, 0.29) is 11.5 Å². The second-order valence-electron chi connectivity index (χ2n) is 6.35. The van der Waals surface area contributed by atoms with Gasteiger partial charge in [0.2, 0.25) is 0 Å². The van der Waals surface area contributed by atoms with Gasteiger partial charge in [0.25, 0.3) is 0 Å². The van der Waals surface area contributed by atoms with Gasteiger partial charge in [-0.05, 0) is 13.0 Å². The average molecular weight is 390 g/mol. The molecule has 0 aliphatic carbocycles. The molecule has 0 amide bonds. The molecule has 1 fully saturated rings. The summed E-state index contributed by atoms with van der Waals surface area (Å²) in [7, 11) is 1.14. The summed E-state index contributed by atoms with van der Waals surface area (Å²) in [6, 6.07) is 1.95. The van der Waals surface area contributed by atoms with Gasteiger partial charge in [0.1, 0.15) is 0 Å². The van der Waals surface area contributed by atoms with Crippen LogP contribution >= 0.6 is 11.6 Å². The smallest absolute Gasteiger partial charge is 0.194 e. The summed E-state index contributed by atoms with van der Waals surface area (Å²) < 4.78 is 25.0. The lowest BCUT2D eigenvalue weighted by molar-refractivity contribution is 0.303. The number of guanidine groups is 1. The van der Waals surface area contributed by atoms with Gasteiger partial charge in [0.15, 0.2) is 15.8 Å². The molecule has 2 rings (SSSR count). The van der Waals surface area contributed by atoms with Crippen LogP contribution in [0.15, 0.2) is 17.3 Å². The number of aliphatic imine (C=N–C) groups is 1. The van der Waals surface area contributed by atoms with Crippen LogP contribution in [0.3, 0.4) is 0 Å². The van der Waals surface area contributed by atoms with Crippen molar-refractivity contribution < 1.29 is 8.42 Å². The highest BCUT2D eigenvalue weighted by molar-refractivity contribution is 7.91. The SMILES string of the molecule is CCNC(=NCCN1CCS(=O)(=O)CC1)N(C)Cc1cc(Cl)cn1C. The fraction of sp³-hybridized carbons (Fsp3) is 0.688. The maximum absolute atomic E-state index is 11.5. The van der Waals surface area contributed by atoms with Crippen LogP contribution in [0.25, 0.3) is 0 Å². The predicted octanol–water partition coefficient (Wildman–Crippen LogP) is 0.806. The largest absolute Gasteiger partial charge is 0.357 e. The number of nitrogens with zero attached hydrogens (tertiary/aromatic N) is 4. The summed E-state index contributed by atoms with van der Waals surface area (Å²) in [5, 5.41) is 4.03. The molecule has 0 saturated carbocycles. The number of rotatable bonds is 6. The first-order valence-corrected chi connectivity index (χ1v) is 10.7. The van der Waals surface area contributed by atoms with Crippen LogP contribution < -0.4 is 5.32 Å². The molecule has 0 radical (unpaired) electrons. The molecule has 142 valence electrons. The van der Waals surface area contributed by atoms with Crippen molar-refractivity contribution >= 4 is 27.4 Å². The maximum Gasteiger partial charge on any atom is 0.194 e. The number of halogens is 1. The highest BCUT2D eigenvalue weighted by Gasteiger charge is 2.21. The van der Waals surface area contributed by atoms with Gasteiger partial charge in [-0.25, -0.2) is 8.42 Å². The summed E-state index contributed by atoms with van der Waals surface area (Å²) in [4.78, 5) is 8.90. The van der Waals surface area contributed by atoms with Gasteiger partial charge < -0.3 is 14.8 Å². The Bertz CT molecular complexity index is 687. The van der Waals surface area contributed by atoms with Crippen LogP contribution in [0.2, 0.25) is 5.02 Å². The fourth-order valence-corrected chi connectivity index (χ4v) is 4.33. The molecule has 1 N–H and O–H groups in total. The zero-order valence-corrected chi connectivity index (χ0v) is 16.8. The normalized spacial score (nSPS) is 18.3. The molecule has 1 aromatic rings. The highest BCUT2D eigenvalue weighted by Crippen LogP contribution is 2.14. The molecule has 0 atom stereocenters. The van der Waals surface area contributed by atoms with E-state index in [2.05, 4.69) is 20.1 Å². The van der Waals surface area contributed by atoms with E-state index in [0.29, 0.717) is 26.2 Å². The van der Waals surface area contributed by atoms with E-state index in [4.69, 9.17) is 11.6 Å². The third kappa shape index (κ3) is 6.20. The number of nitrogens with one attached hydrogen (secondary N) is 1. The molecule has 25 heavy (non-hydrogen) atoms. The molecule has 9 heteroatoms. The number of aryl methyl sites for hydroxylation is 1. The Kier molecular flexibility index (Phi) is 7.15. The first-order chi connectivity index (χ1) is 11.8. The Hall–Kier alpha value is -1.25. The van der Waals surface area contributed by atoms with Crippen molar-refractivity contribution in [2.24, 2.45) is 12.0 Å². The van der Waals surface area contributed by atoms with Gasteiger partial charge in [-0.2, -0.15) is 0 Å². The molecule has 0 spiro atoms. The van der Waals surface area contributed by atoms with E-state index in [0.717, 1.165) is 29.8 Å². The monoisotopic (exact) mass is 389 g/mol. The van der Waals surface area contributed by atoms with Crippen LogP contribution in [0.4, 0.5) is 0 Å².